The van der Waals surface area contributed by atoms with Crippen molar-refractivity contribution in [1.29, 1.82) is 0 Å². The maximum atomic E-state index is 10.9. The van der Waals surface area contributed by atoms with Gasteiger partial charge in [-0.1, -0.05) is 6.07 Å². The van der Waals surface area contributed by atoms with Crippen LogP contribution in [0.5, 0.6) is 11.5 Å². The number of rotatable bonds is 2. The highest BCUT2D eigenvalue weighted by atomic mass is 35.7. The van der Waals surface area contributed by atoms with Crippen molar-refractivity contribution in [3.8, 4) is 11.5 Å². The first-order valence-corrected chi connectivity index (χ1v) is 6.75. The fourth-order valence-corrected chi connectivity index (χ4v) is 2.48. The van der Waals surface area contributed by atoms with Gasteiger partial charge in [0.25, 0.3) is 0 Å². The number of halogens is 1. The van der Waals surface area contributed by atoms with E-state index in [4.69, 9.17) is 20.2 Å². The first-order chi connectivity index (χ1) is 6.96. The van der Waals surface area contributed by atoms with Crippen LogP contribution < -0.4 is 9.47 Å². The fraction of sp³-hybridized carbons (Fsp3) is 0.333. The van der Waals surface area contributed by atoms with Gasteiger partial charge in [-0.05, 0) is 24.1 Å². The van der Waals surface area contributed by atoms with Crippen LogP contribution in [0.3, 0.4) is 0 Å². The highest BCUT2D eigenvalue weighted by Gasteiger charge is 2.18. The average molecular weight is 249 g/mol. The quantitative estimate of drug-likeness (QED) is 0.749. The monoisotopic (exact) mass is 248 g/mol. The summed E-state index contributed by atoms with van der Waals surface area (Å²) in [7, 11) is 1.64. The van der Waals surface area contributed by atoms with E-state index >= 15 is 0 Å². The number of hydrogen-bond donors (Lipinski definition) is 0. The number of fused-ring (bicyclic) bond motifs is 1. The molecule has 1 aliphatic heterocycles. The van der Waals surface area contributed by atoms with Gasteiger partial charge < -0.3 is 9.47 Å². The molecule has 4 nitrogen and oxygen atoms in total. The van der Waals surface area contributed by atoms with E-state index in [0.29, 0.717) is 17.1 Å². The zero-order chi connectivity index (χ0) is 11.1. The van der Waals surface area contributed by atoms with Crippen LogP contribution in [0.1, 0.15) is 11.1 Å². The van der Waals surface area contributed by atoms with Gasteiger partial charge in [0.15, 0.2) is 11.5 Å². The molecule has 1 aliphatic rings. The summed E-state index contributed by atoms with van der Waals surface area (Å²) in [6.07, 6.45) is 0. The van der Waals surface area contributed by atoms with Crippen molar-refractivity contribution in [3.05, 3.63) is 23.3 Å². The Morgan fingerprint density at radius 3 is 2.80 bits per heavy atom. The Balaban J connectivity index is 2.40. The van der Waals surface area contributed by atoms with Crippen LogP contribution >= 0.6 is 10.7 Å². The van der Waals surface area contributed by atoms with E-state index in [1.165, 1.54) is 0 Å². The summed E-state index contributed by atoms with van der Waals surface area (Å²) < 4.78 is 32.2. The van der Waals surface area contributed by atoms with Crippen LogP contribution in [-0.4, -0.2) is 15.2 Å². The van der Waals surface area contributed by atoms with E-state index in [9.17, 15) is 8.42 Å². The van der Waals surface area contributed by atoms with Crippen molar-refractivity contribution in [3.63, 3.8) is 0 Å². The number of hydrogen-bond acceptors (Lipinski definition) is 4. The van der Waals surface area contributed by atoms with E-state index in [1.54, 1.807) is 12.1 Å². The predicted molar refractivity (Wildman–Crippen MR) is 55.8 cm³/mol. The molecule has 0 N–H and O–H groups in total. The molecule has 0 amide bonds. The fourth-order valence-electron chi connectivity index (χ4n) is 1.54. The van der Waals surface area contributed by atoms with Gasteiger partial charge in [-0.2, -0.15) is 0 Å². The van der Waals surface area contributed by atoms with Gasteiger partial charge in [0.05, 0.1) is 5.75 Å². The van der Waals surface area contributed by atoms with Crippen LogP contribution in [0.4, 0.5) is 0 Å². The number of benzene rings is 1. The molecular formula is C9H9ClO4S. The first kappa shape index (κ1) is 10.6. The number of aryl methyl sites for hydroxylation is 1. The Bertz CT molecular complexity index is 495. The van der Waals surface area contributed by atoms with Gasteiger partial charge in [0, 0.05) is 10.7 Å². The molecule has 0 unspecified atom stereocenters. The first-order valence-electron chi connectivity index (χ1n) is 4.27. The molecular weight excluding hydrogens is 240 g/mol. The second kappa shape index (κ2) is 3.57. The molecule has 0 bridgehead atoms. The zero-order valence-electron chi connectivity index (χ0n) is 7.99. The molecule has 2 rings (SSSR count). The van der Waals surface area contributed by atoms with Crippen molar-refractivity contribution >= 4 is 19.7 Å². The highest BCUT2D eigenvalue weighted by Crippen LogP contribution is 2.36. The molecule has 0 saturated carbocycles. The Labute approximate surface area is 92.2 Å². The van der Waals surface area contributed by atoms with Gasteiger partial charge >= 0.3 is 0 Å². The van der Waals surface area contributed by atoms with Crippen molar-refractivity contribution < 1.29 is 17.9 Å². The standard InChI is InChI=1S/C9H9ClO4S/c1-6-2-7(4-15(10,11)12)3-8-9(6)14-5-13-8/h2-3H,4-5H2,1H3. The minimum atomic E-state index is -3.54. The molecule has 15 heavy (non-hydrogen) atoms. The van der Waals surface area contributed by atoms with Crippen molar-refractivity contribution in [2.24, 2.45) is 0 Å². The Morgan fingerprint density at radius 1 is 1.40 bits per heavy atom. The van der Waals surface area contributed by atoms with Crippen LogP contribution in [-0.2, 0) is 14.8 Å². The maximum Gasteiger partial charge on any atom is 0.236 e. The average Bonchev–Trinajstić information content (AvgIpc) is 2.48. The molecule has 1 aromatic carbocycles. The lowest BCUT2D eigenvalue weighted by Gasteiger charge is -2.04. The zero-order valence-corrected chi connectivity index (χ0v) is 9.56. The highest BCUT2D eigenvalue weighted by molar-refractivity contribution is 8.13. The SMILES string of the molecule is Cc1cc(CS(=O)(=O)Cl)cc2c1OCO2. The molecule has 82 valence electrons. The van der Waals surface area contributed by atoms with E-state index in [-0.39, 0.29) is 12.5 Å². The molecule has 1 aromatic rings. The lowest BCUT2D eigenvalue weighted by molar-refractivity contribution is 0.173. The molecule has 0 radical (unpaired) electrons. The normalized spacial score (nSPS) is 14.3. The summed E-state index contributed by atoms with van der Waals surface area (Å²) in [4.78, 5) is 0. The smallest absolute Gasteiger partial charge is 0.236 e. The summed E-state index contributed by atoms with van der Waals surface area (Å²) in [5, 5.41) is 0. The maximum absolute atomic E-state index is 10.9. The van der Waals surface area contributed by atoms with Gasteiger partial charge in [-0.25, -0.2) is 8.42 Å². The Morgan fingerprint density at radius 2 is 2.13 bits per heavy atom. The minimum absolute atomic E-state index is 0.174. The second-order valence-electron chi connectivity index (χ2n) is 3.33. The van der Waals surface area contributed by atoms with E-state index in [0.717, 1.165) is 5.56 Å². The summed E-state index contributed by atoms with van der Waals surface area (Å²) >= 11 is 0. The molecule has 0 aliphatic carbocycles. The molecule has 1 heterocycles. The molecule has 0 fully saturated rings. The summed E-state index contributed by atoms with van der Waals surface area (Å²) in [5.74, 6) is 1.04. The molecule has 0 atom stereocenters. The molecule has 0 saturated heterocycles. The topological polar surface area (TPSA) is 52.6 Å². The van der Waals surface area contributed by atoms with Crippen LogP contribution in [0.15, 0.2) is 12.1 Å². The van der Waals surface area contributed by atoms with Gasteiger partial charge in [0.1, 0.15) is 0 Å². The largest absolute Gasteiger partial charge is 0.454 e. The molecule has 6 heteroatoms. The minimum Gasteiger partial charge on any atom is -0.454 e. The third kappa shape index (κ3) is 2.35. The summed E-state index contributed by atoms with van der Waals surface area (Å²) in [6, 6.07) is 3.36. The Hall–Kier alpha value is -0.940. The number of ether oxygens (including phenoxy) is 2. The van der Waals surface area contributed by atoms with Crippen LogP contribution in [0.2, 0.25) is 0 Å². The van der Waals surface area contributed by atoms with Gasteiger partial charge in [0.2, 0.25) is 15.8 Å². The van der Waals surface area contributed by atoms with Crippen molar-refractivity contribution in [1.82, 2.24) is 0 Å². The summed E-state index contributed by atoms with van der Waals surface area (Å²) in [6.45, 7) is 2.01. The van der Waals surface area contributed by atoms with E-state index in [2.05, 4.69) is 0 Å². The van der Waals surface area contributed by atoms with Gasteiger partial charge in [-0.15, -0.1) is 0 Å². The second-order valence-corrected chi connectivity index (χ2v) is 6.11. The lowest BCUT2D eigenvalue weighted by atomic mass is 10.1. The van der Waals surface area contributed by atoms with Crippen LogP contribution in [0.25, 0.3) is 0 Å². The van der Waals surface area contributed by atoms with E-state index in [1.807, 2.05) is 6.92 Å². The summed E-state index contributed by atoms with van der Waals surface area (Å²) in [5.41, 5.74) is 1.45. The van der Waals surface area contributed by atoms with Crippen molar-refractivity contribution in [2.45, 2.75) is 12.7 Å². The molecule has 0 spiro atoms. The Kier molecular flexibility index (Phi) is 2.52. The molecule has 0 aromatic heterocycles. The third-order valence-electron chi connectivity index (χ3n) is 2.06. The van der Waals surface area contributed by atoms with Gasteiger partial charge in [-0.3, -0.25) is 0 Å². The predicted octanol–water partition coefficient (Wildman–Crippen LogP) is 1.79. The third-order valence-corrected chi connectivity index (χ3v) is 3.06. The van der Waals surface area contributed by atoms with E-state index < -0.39 is 9.05 Å². The van der Waals surface area contributed by atoms with Crippen molar-refractivity contribution in [2.75, 3.05) is 6.79 Å². The lowest BCUT2D eigenvalue weighted by Crippen LogP contribution is -1.95. The van der Waals surface area contributed by atoms with Crippen LogP contribution in [0, 0.1) is 6.92 Å².